The number of hydrogen-bond acceptors (Lipinski definition) is 4. The Hall–Kier alpha value is 0.360. The van der Waals surface area contributed by atoms with E-state index in [0.29, 0.717) is 6.04 Å². The van der Waals surface area contributed by atoms with Gasteiger partial charge in [-0.15, -0.1) is 11.3 Å². The highest BCUT2D eigenvalue weighted by molar-refractivity contribution is 8.07. The first-order valence-electron chi connectivity index (χ1n) is 5.83. The van der Waals surface area contributed by atoms with Crippen LogP contribution in [0.2, 0.25) is 0 Å². The van der Waals surface area contributed by atoms with E-state index in [-0.39, 0.29) is 0 Å². The van der Waals surface area contributed by atoms with Gasteiger partial charge in [0.15, 0.2) is 0 Å². The highest BCUT2D eigenvalue weighted by Gasteiger charge is 2.31. The van der Waals surface area contributed by atoms with E-state index < -0.39 is 0 Å². The summed E-state index contributed by atoms with van der Waals surface area (Å²) in [5, 5.41) is 7.32. The topological polar surface area (TPSA) is 12.0 Å². The van der Waals surface area contributed by atoms with Crippen LogP contribution in [0.4, 0.5) is 0 Å². The second-order valence-corrected chi connectivity index (χ2v) is 7.71. The molecular formula is C12H19NS3. The van der Waals surface area contributed by atoms with Crippen molar-refractivity contribution in [1.82, 2.24) is 5.32 Å². The summed E-state index contributed by atoms with van der Waals surface area (Å²) in [6.07, 6.45) is 0. The number of hydrogen-bond donors (Lipinski definition) is 1. The van der Waals surface area contributed by atoms with Gasteiger partial charge in [0.25, 0.3) is 0 Å². The highest BCUT2D eigenvalue weighted by Crippen LogP contribution is 2.39. The summed E-state index contributed by atoms with van der Waals surface area (Å²) in [7, 11) is 0. The molecule has 2 heterocycles. The normalized spacial score (nSPS) is 27.9. The maximum Gasteiger partial charge on any atom is 0.0545 e. The van der Waals surface area contributed by atoms with Crippen LogP contribution in [0, 0.1) is 0 Å². The van der Waals surface area contributed by atoms with Gasteiger partial charge < -0.3 is 5.32 Å². The van der Waals surface area contributed by atoms with Crippen molar-refractivity contribution in [3.63, 3.8) is 0 Å². The lowest BCUT2D eigenvalue weighted by Gasteiger charge is -2.34. The van der Waals surface area contributed by atoms with Crippen LogP contribution in [0.5, 0.6) is 0 Å². The van der Waals surface area contributed by atoms with Crippen LogP contribution in [0.25, 0.3) is 0 Å². The molecule has 1 fully saturated rings. The zero-order valence-corrected chi connectivity index (χ0v) is 12.3. The number of nitrogens with one attached hydrogen (secondary N) is 1. The molecule has 0 aromatic carbocycles. The monoisotopic (exact) mass is 273 g/mol. The van der Waals surface area contributed by atoms with Crippen molar-refractivity contribution in [2.45, 2.75) is 30.4 Å². The zero-order valence-electron chi connectivity index (χ0n) is 9.81. The van der Waals surface area contributed by atoms with Gasteiger partial charge in [0.1, 0.15) is 0 Å². The molecule has 1 aliphatic rings. The Balaban J connectivity index is 2.11. The smallest absolute Gasteiger partial charge is 0.0545 e. The fourth-order valence-electron chi connectivity index (χ4n) is 2.08. The van der Waals surface area contributed by atoms with Gasteiger partial charge in [0.05, 0.1) is 6.04 Å². The number of thioether (sulfide) groups is 2. The molecule has 1 N–H and O–H groups in total. The summed E-state index contributed by atoms with van der Waals surface area (Å²) in [6.45, 7) is 5.63. The largest absolute Gasteiger partial charge is 0.309 e. The molecule has 3 unspecified atom stereocenters. The third kappa shape index (κ3) is 2.97. The lowest BCUT2D eigenvalue weighted by atomic mass is 10.1. The van der Waals surface area contributed by atoms with Gasteiger partial charge in [-0.3, -0.25) is 0 Å². The molecule has 3 atom stereocenters. The van der Waals surface area contributed by atoms with Crippen molar-refractivity contribution in [3.8, 4) is 0 Å². The van der Waals surface area contributed by atoms with Crippen LogP contribution in [0.3, 0.4) is 0 Å². The maximum atomic E-state index is 3.66. The van der Waals surface area contributed by atoms with Crippen LogP contribution in [-0.4, -0.2) is 28.6 Å². The lowest BCUT2D eigenvalue weighted by molar-refractivity contribution is 0.533. The van der Waals surface area contributed by atoms with E-state index in [0.717, 1.165) is 17.0 Å². The molecule has 1 aromatic heterocycles. The Morgan fingerprint density at radius 2 is 2.25 bits per heavy atom. The molecule has 0 radical (unpaired) electrons. The third-order valence-corrected chi connectivity index (χ3v) is 6.99. The summed E-state index contributed by atoms with van der Waals surface area (Å²) in [4.78, 5) is 1.49. The van der Waals surface area contributed by atoms with E-state index in [1.54, 1.807) is 0 Å². The number of rotatable bonds is 4. The first kappa shape index (κ1) is 12.8. The average molecular weight is 273 g/mol. The molecule has 1 aliphatic heterocycles. The van der Waals surface area contributed by atoms with Crippen LogP contribution >= 0.6 is 34.9 Å². The fraction of sp³-hybridized carbons (Fsp3) is 0.667. The molecular weight excluding hydrogens is 254 g/mol. The molecule has 16 heavy (non-hydrogen) atoms. The minimum absolute atomic E-state index is 0.540. The maximum absolute atomic E-state index is 3.66. The van der Waals surface area contributed by atoms with E-state index in [1.165, 1.54) is 16.4 Å². The summed E-state index contributed by atoms with van der Waals surface area (Å²) in [5.41, 5.74) is 0. The summed E-state index contributed by atoms with van der Waals surface area (Å²) in [6, 6.07) is 4.97. The number of thiophene rings is 1. The summed E-state index contributed by atoms with van der Waals surface area (Å²) < 4.78 is 0. The van der Waals surface area contributed by atoms with Crippen molar-refractivity contribution in [2.75, 3.05) is 18.1 Å². The van der Waals surface area contributed by atoms with Crippen LogP contribution in [-0.2, 0) is 0 Å². The van der Waals surface area contributed by atoms with Crippen LogP contribution in [0.1, 0.15) is 24.8 Å². The Kier molecular flexibility index (Phi) is 5.07. The van der Waals surface area contributed by atoms with E-state index in [2.05, 4.69) is 60.2 Å². The van der Waals surface area contributed by atoms with Crippen molar-refractivity contribution in [1.29, 1.82) is 0 Å². The molecule has 1 nitrogen and oxygen atoms in total. The SMILES string of the molecule is CCNC(c1cccs1)C1SCCSC1C. The predicted octanol–water partition coefficient (Wildman–Crippen LogP) is 3.64. The van der Waals surface area contributed by atoms with Gasteiger partial charge >= 0.3 is 0 Å². The molecule has 0 aliphatic carbocycles. The molecule has 2 rings (SSSR count). The van der Waals surface area contributed by atoms with Crippen LogP contribution in [0.15, 0.2) is 17.5 Å². The van der Waals surface area contributed by atoms with Crippen molar-refractivity contribution in [2.24, 2.45) is 0 Å². The van der Waals surface area contributed by atoms with Gasteiger partial charge in [-0.2, -0.15) is 23.5 Å². The molecule has 4 heteroatoms. The van der Waals surface area contributed by atoms with E-state index in [1.807, 2.05) is 11.3 Å². The molecule has 1 aromatic rings. The molecule has 0 spiro atoms. The van der Waals surface area contributed by atoms with E-state index in [4.69, 9.17) is 0 Å². The van der Waals surface area contributed by atoms with Crippen molar-refractivity contribution < 1.29 is 0 Å². The molecule has 0 saturated carbocycles. The summed E-state index contributed by atoms with van der Waals surface area (Å²) >= 11 is 6.14. The van der Waals surface area contributed by atoms with E-state index in [9.17, 15) is 0 Å². The second-order valence-electron chi connectivity index (χ2n) is 3.96. The van der Waals surface area contributed by atoms with Gasteiger partial charge in [-0.05, 0) is 18.0 Å². The zero-order chi connectivity index (χ0) is 11.4. The quantitative estimate of drug-likeness (QED) is 0.899. The first-order valence-corrected chi connectivity index (χ1v) is 8.80. The van der Waals surface area contributed by atoms with Crippen molar-refractivity contribution in [3.05, 3.63) is 22.4 Å². The Labute approximate surface area is 111 Å². The van der Waals surface area contributed by atoms with Gasteiger partial charge in [0.2, 0.25) is 0 Å². The fourth-order valence-corrected chi connectivity index (χ4v) is 5.95. The Morgan fingerprint density at radius 3 is 2.88 bits per heavy atom. The van der Waals surface area contributed by atoms with E-state index >= 15 is 0 Å². The molecule has 1 saturated heterocycles. The van der Waals surface area contributed by atoms with Crippen LogP contribution < -0.4 is 5.32 Å². The highest BCUT2D eigenvalue weighted by atomic mass is 32.2. The molecule has 90 valence electrons. The molecule has 0 bridgehead atoms. The summed E-state index contributed by atoms with van der Waals surface area (Å²) in [5.74, 6) is 2.61. The Morgan fingerprint density at radius 1 is 1.44 bits per heavy atom. The minimum atomic E-state index is 0.540. The third-order valence-electron chi connectivity index (χ3n) is 2.84. The minimum Gasteiger partial charge on any atom is -0.309 e. The first-order chi connectivity index (χ1) is 7.83. The predicted molar refractivity (Wildman–Crippen MR) is 78.9 cm³/mol. The molecule has 0 amide bonds. The Bertz CT molecular complexity index is 299. The average Bonchev–Trinajstić information content (AvgIpc) is 2.80. The van der Waals surface area contributed by atoms with Gasteiger partial charge in [-0.1, -0.05) is 19.9 Å². The standard InChI is InChI=1S/C12H19NS3/c1-3-13-11(10-5-4-6-15-10)12-9(2)14-7-8-16-12/h4-6,9,11-13H,3,7-8H2,1-2H3. The van der Waals surface area contributed by atoms with Crippen molar-refractivity contribution >= 4 is 34.9 Å². The lowest BCUT2D eigenvalue weighted by Crippen LogP contribution is -2.37. The second kappa shape index (κ2) is 6.34. The van der Waals surface area contributed by atoms with Gasteiger partial charge in [-0.25, -0.2) is 0 Å². The van der Waals surface area contributed by atoms with Gasteiger partial charge in [0, 0.05) is 26.9 Å².